The first kappa shape index (κ1) is 12.6. The fraction of sp³-hybridized carbons (Fsp3) is 0.182. The van der Waals surface area contributed by atoms with E-state index in [0.29, 0.717) is 21.5 Å². The molecule has 1 heterocycles. The fourth-order valence-corrected chi connectivity index (χ4v) is 1.91. The van der Waals surface area contributed by atoms with E-state index in [0.717, 1.165) is 0 Å². The highest BCUT2D eigenvalue weighted by Crippen LogP contribution is 2.20. The van der Waals surface area contributed by atoms with Crippen LogP contribution in [0.1, 0.15) is 29.1 Å². The molecule has 0 aliphatic carbocycles. The van der Waals surface area contributed by atoms with Crippen molar-refractivity contribution in [3.8, 4) is 0 Å². The number of nitrogens with two attached hydrogens (primary N) is 1. The minimum Gasteiger partial charge on any atom is -0.399 e. The third-order valence-electron chi connectivity index (χ3n) is 2.43. The van der Waals surface area contributed by atoms with E-state index < -0.39 is 0 Å². The van der Waals surface area contributed by atoms with Gasteiger partial charge in [0.1, 0.15) is 12.2 Å². The van der Waals surface area contributed by atoms with Crippen LogP contribution in [0.3, 0.4) is 0 Å². The number of carbonyl (C=O) groups is 1. The molecule has 1 amide bonds. The first-order valence-electron chi connectivity index (χ1n) is 5.29. The van der Waals surface area contributed by atoms with Crippen molar-refractivity contribution >= 4 is 27.5 Å². The van der Waals surface area contributed by atoms with Gasteiger partial charge in [-0.15, -0.1) is 0 Å². The molecule has 2 rings (SSSR count). The summed E-state index contributed by atoms with van der Waals surface area (Å²) in [6.45, 7) is 1.82. The average molecular weight is 310 g/mol. The summed E-state index contributed by atoms with van der Waals surface area (Å²) in [4.78, 5) is 16.0. The van der Waals surface area contributed by atoms with Crippen molar-refractivity contribution in [2.24, 2.45) is 0 Å². The van der Waals surface area contributed by atoms with Gasteiger partial charge in [0.15, 0.2) is 0 Å². The molecule has 0 radical (unpaired) electrons. The lowest BCUT2D eigenvalue weighted by molar-refractivity contribution is 0.0937. The van der Waals surface area contributed by atoms with Gasteiger partial charge < -0.3 is 11.1 Å². The maximum Gasteiger partial charge on any atom is 0.253 e. The number of nitrogen functional groups attached to an aromatic ring is 1. The van der Waals surface area contributed by atoms with Crippen LogP contribution in [0, 0.1) is 0 Å². The summed E-state index contributed by atoms with van der Waals surface area (Å²) in [5.74, 6) is 0.376. The van der Waals surface area contributed by atoms with Crippen LogP contribution in [0.4, 0.5) is 5.69 Å². The van der Waals surface area contributed by atoms with Gasteiger partial charge in [0.25, 0.3) is 5.91 Å². The van der Waals surface area contributed by atoms with E-state index in [-0.39, 0.29) is 11.9 Å². The van der Waals surface area contributed by atoms with Crippen LogP contribution in [0.25, 0.3) is 0 Å². The number of H-pyrrole nitrogens is 1. The van der Waals surface area contributed by atoms with Crippen molar-refractivity contribution < 1.29 is 4.79 Å². The minimum absolute atomic E-state index is 0.224. The minimum atomic E-state index is -0.256. The lowest BCUT2D eigenvalue weighted by Crippen LogP contribution is -2.27. The molecule has 7 heteroatoms. The van der Waals surface area contributed by atoms with E-state index in [4.69, 9.17) is 5.73 Å². The summed E-state index contributed by atoms with van der Waals surface area (Å²) in [5, 5.41) is 9.25. The third kappa shape index (κ3) is 2.67. The molecule has 0 bridgehead atoms. The van der Waals surface area contributed by atoms with Crippen LogP contribution in [0.15, 0.2) is 29.0 Å². The van der Waals surface area contributed by atoms with Gasteiger partial charge >= 0.3 is 0 Å². The zero-order valence-electron chi connectivity index (χ0n) is 9.64. The van der Waals surface area contributed by atoms with Crippen molar-refractivity contribution in [3.63, 3.8) is 0 Å². The monoisotopic (exact) mass is 309 g/mol. The topological polar surface area (TPSA) is 96.7 Å². The molecule has 1 aromatic heterocycles. The van der Waals surface area contributed by atoms with Crippen molar-refractivity contribution in [1.82, 2.24) is 20.5 Å². The van der Waals surface area contributed by atoms with Gasteiger partial charge in [-0.05, 0) is 41.1 Å². The van der Waals surface area contributed by atoms with Gasteiger partial charge in [0.2, 0.25) is 0 Å². The fourth-order valence-electron chi connectivity index (χ4n) is 1.48. The summed E-state index contributed by atoms with van der Waals surface area (Å²) in [5.41, 5.74) is 6.69. The van der Waals surface area contributed by atoms with Gasteiger partial charge in [-0.2, -0.15) is 5.10 Å². The van der Waals surface area contributed by atoms with E-state index in [1.54, 1.807) is 18.2 Å². The van der Waals surface area contributed by atoms with E-state index in [2.05, 4.69) is 36.4 Å². The summed E-state index contributed by atoms with van der Waals surface area (Å²) >= 11 is 3.32. The van der Waals surface area contributed by atoms with E-state index >= 15 is 0 Å². The number of halogens is 1. The Morgan fingerprint density at radius 2 is 2.33 bits per heavy atom. The zero-order valence-corrected chi connectivity index (χ0v) is 11.2. The molecule has 18 heavy (non-hydrogen) atoms. The van der Waals surface area contributed by atoms with E-state index in [9.17, 15) is 4.79 Å². The Hall–Kier alpha value is -1.89. The number of carbonyl (C=O) groups excluding carboxylic acids is 1. The lowest BCUT2D eigenvalue weighted by Gasteiger charge is -2.12. The molecule has 0 saturated heterocycles. The molecule has 1 aromatic carbocycles. The lowest BCUT2D eigenvalue weighted by atomic mass is 10.2. The Kier molecular flexibility index (Phi) is 3.61. The largest absolute Gasteiger partial charge is 0.399 e. The second-order valence-electron chi connectivity index (χ2n) is 3.81. The third-order valence-corrected chi connectivity index (χ3v) is 3.12. The SMILES string of the molecule is CC(NC(=O)c1cc(N)ccc1Br)c1ncn[nH]1. The van der Waals surface area contributed by atoms with Crippen LogP contribution in [0.5, 0.6) is 0 Å². The smallest absolute Gasteiger partial charge is 0.253 e. The van der Waals surface area contributed by atoms with Crippen LogP contribution in [0.2, 0.25) is 0 Å². The second kappa shape index (κ2) is 5.18. The number of hydrogen-bond acceptors (Lipinski definition) is 4. The van der Waals surface area contributed by atoms with Crippen molar-refractivity contribution in [1.29, 1.82) is 0 Å². The average Bonchev–Trinajstić information content (AvgIpc) is 2.85. The maximum absolute atomic E-state index is 12.1. The molecule has 0 aliphatic rings. The van der Waals surface area contributed by atoms with Gasteiger partial charge in [-0.3, -0.25) is 9.89 Å². The highest BCUT2D eigenvalue weighted by Gasteiger charge is 2.15. The number of rotatable bonds is 3. The van der Waals surface area contributed by atoms with E-state index in [1.807, 2.05) is 6.92 Å². The number of nitrogens with zero attached hydrogens (tertiary/aromatic N) is 2. The molecule has 2 aromatic rings. The Balaban J connectivity index is 2.15. The maximum atomic E-state index is 12.1. The molecule has 0 aliphatic heterocycles. The summed E-state index contributed by atoms with van der Waals surface area (Å²) in [7, 11) is 0. The van der Waals surface area contributed by atoms with Crippen LogP contribution in [-0.4, -0.2) is 21.1 Å². The molecule has 6 nitrogen and oxygen atoms in total. The predicted molar refractivity (Wildman–Crippen MR) is 70.8 cm³/mol. The highest BCUT2D eigenvalue weighted by molar-refractivity contribution is 9.10. The molecular formula is C11H12BrN5O. The quantitative estimate of drug-likeness (QED) is 0.751. The second-order valence-corrected chi connectivity index (χ2v) is 4.66. The van der Waals surface area contributed by atoms with Crippen LogP contribution in [-0.2, 0) is 0 Å². The first-order valence-corrected chi connectivity index (χ1v) is 6.08. The van der Waals surface area contributed by atoms with Crippen molar-refractivity contribution in [2.75, 3.05) is 5.73 Å². The molecule has 0 spiro atoms. The van der Waals surface area contributed by atoms with Gasteiger partial charge in [0.05, 0.1) is 11.6 Å². The number of anilines is 1. The molecule has 0 saturated carbocycles. The van der Waals surface area contributed by atoms with Gasteiger partial charge in [0, 0.05) is 10.2 Å². The zero-order chi connectivity index (χ0) is 13.1. The number of nitrogens with one attached hydrogen (secondary N) is 2. The Labute approximate surface area is 112 Å². The number of benzene rings is 1. The van der Waals surface area contributed by atoms with Crippen LogP contribution < -0.4 is 11.1 Å². The van der Waals surface area contributed by atoms with E-state index in [1.165, 1.54) is 6.33 Å². The molecular weight excluding hydrogens is 298 g/mol. The number of hydrogen-bond donors (Lipinski definition) is 3. The summed E-state index contributed by atoms with van der Waals surface area (Å²) in [6.07, 6.45) is 1.40. The van der Waals surface area contributed by atoms with Crippen LogP contribution >= 0.6 is 15.9 Å². The number of amides is 1. The van der Waals surface area contributed by atoms with Crippen molar-refractivity contribution in [3.05, 3.63) is 40.4 Å². The predicted octanol–water partition coefficient (Wildman–Crippen LogP) is 1.64. The molecule has 1 unspecified atom stereocenters. The van der Waals surface area contributed by atoms with Gasteiger partial charge in [-0.25, -0.2) is 4.98 Å². The highest BCUT2D eigenvalue weighted by atomic mass is 79.9. The first-order chi connectivity index (χ1) is 8.58. The molecule has 4 N–H and O–H groups in total. The molecule has 0 fully saturated rings. The van der Waals surface area contributed by atoms with Crippen molar-refractivity contribution in [2.45, 2.75) is 13.0 Å². The Morgan fingerprint density at radius 1 is 1.56 bits per heavy atom. The molecule has 94 valence electrons. The number of aromatic amines is 1. The number of aromatic nitrogens is 3. The van der Waals surface area contributed by atoms with Gasteiger partial charge in [-0.1, -0.05) is 0 Å². The summed E-state index contributed by atoms with van der Waals surface area (Å²) in [6, 6.07) is 4.82. The standard InChI is InChI=1S/C11H12BrN5O/c1-6(10-14-5-15-17-10)16-11(18)8-4-7(13)2-3-9(8)12/h2-6H,13H2,1H3,(H,16,18)(H,14,15,17). The summed E-state index contributed by atoms with van der Waals surface area (Å²) < 4.78 is 0.693. The Morgan fingerprint density at radius 3 is 3.00 bits per heavy atom. The Bertz CT molecular complexity index is 555. The normalized spacial score (nSPS) is 12.1. The molecule has 1 atom stereocenters.